The molecule has 2 amide bonds. The van der Waals surface area contributed by atoms with Crippen LogP contribution in [0.5, 0.6) is 5.75 Å². The van der Waals surface area contributed by atoms with Crippen LogP contribution in [-0.2, 0) is 26.2 Å². The summed E-state index contributed by atoms with van der Waals surface area (Å²) < 4.78 is 32.3. The summed E-state index contributed by atoms with van der Waals surface area (Å²) in [5.74, 6) is 0.121. The molecule has 214 valence electrons. The van der Waals surface area contributed by atoms with Gasteiger partial charge >= 0.3 is 0 Å². The van der Waals surface area contributed by atoms with Gasteiger partial charge in [-0.1, -0.05) is 55.6 Å². The van der Waals surface area contributed by atoms with E-state index in [1.165, 1.54) is 4.31 Å². The maximum absolute atomic E-state index is 13.6. The molecule has 8 nitrogen and oxygen atoms in total. The Balaban J connectivity index is 1.77. The lowest BCUT2D eigenvalue weighted by Gasteiger charge is -2.32. The van der Waals surface area contributed by atoms with Crippen molar-refractivity contribution in [3.05, 3.63) is 59.1 Å². The van der Waals surface area contributed by atoms with Crippen molar-refractivity contribution in [1.82, 2.24) is 10.2 Å². The van der Waals surface area contributed by atoms with E-state index in [1.807, 2.05) is 26.0 Å². The number of hydrogen-bond donors (Lipinski definition) is 1. The molecule has 0 spiro atoms. The van der Waals surface area contributed by atoms with Crippen molar-refractivity contribution in [2.75, 3.05) is 23.7 Å². The average Bonchev–Trinajstić information content (AvgIpc) is 3.40. The molecule has 3 rings (SSSR count). The molecule has 0 radical (unpaired) electrons. The summed E-state index contributed by atoms with van der Waals surface area (Å²) in [6.45, 7) is 4.50. The van der Waals surface area contributed by atoms with Crippen LogP contribution in [0.15, 0.2) is 48.5 Å². The molecule has 1 atom stereocenters. The Morgan fingerprint density at radius 3 is 2.36 bits per heavy atom. The van der Waals surface area contributed by atoms with Crippen LogP contribution >= 0.6 is 11.6 Å². The molecule has 39 heavy (non-hydrogen) atoms. The number of para-hydroxylation sites is 2. The van der Waals surface area contributed by atoms with Crippen molar-refractivity contribution in [2.45, 2.75) is 77.4 Å². The van der Waals surface area contributed by atoms with Crippen molar-refractivity contribution in [2.24, 2.45) is 0 Å². The predicted octanol–water partition coefficient (Wildman–Crippen LogP) is 5.15. The second kappa shape index (κ2) is 14.6. The van der Waals surface area contributed by atoms with E-state index >= 15 is 0 Å². The SMILES string of the molecule is CCOc1ccccc1N(CCCC(=O)N(Cc1ccc(Cl)cc1)C(CC)C(=O)NC1CCCC1)S(C)(=O)=O. The molecule has 10 heteroatoms. The highest BCUT2D eigenvalue weighted by Crippen LogP contribution is 2.30. The molecule has 0 saturated heterocycles. The van der Waals surface area contributed by atoms with Gasteiger partial charge in [-0.05, 0) is 62.4 Å². The maximum atomic E-state index is 13.6. The first kappa shape index (κ1) is 30.8. The van der Waals surface area contributed by atoms with Gasteiger partial charge in [0.1, 0.15) is 11.8 Å². The largest absolute Gasteiger partial charge is 0.492 e. The lowest BCUT2D eigenvalue weighted by molar-refractivity contribution is -0.141. The number of benzene rings is 2. The van der Waals surface area contributed by atoms with Gasteiger partial charge in [0.25, 0.3) is 0 Å². The standard InChI is InChI=1S/C29H40ClN3O5S/c1-4-25(29(35)31-24-11-6-7-12-24)32(21-22-16-18-23(30)19-17-22)28(34)15-10-20-33(39(3,36)37)26-13-8-9-14-27(26)38-5-2/h8-9,13-14,16-19,24-25H,4-7,10-12,15,20-21H2,1-3H3,(H,31,35). The number of hydrogen-bond acceptors (Lipinski definition) is 5. The van der Waals surface area contributed by atoms with E-state index in [0.717, 1.165) is 37.5 Å². The summed E-state index contributed by atoms with van der Waals surface area (Å²) in [6, 6.07) is 13.7. The fourth-order valence-corrected chi connectivity index (χ4v) is 6.09. The molecule has 0 aromatic heterocycles. The Labute approximate surface area is 237 Å². The molecule has 1 aliphatic rings. The highest BCUT2D eigenvalue weighted by molar-refractivity contribution is 7.92. The number of anilines is 1. The molecule has 1 unspecified atom stereocenters. The van der Waals surface area contributed by atoms with Crippen LogP contribution in [0.1, 0.15) is 64.4 Å². The minimum atomic E-state index is -3.63. The number of halogens is 1. The quantitative estimate of drug-likeness (QED) is 0.335. The topological polar surface area (TPSA) is 96.0 Å². The van der Waals surface area contributed by atoms with Crippen molar-refractivity contribution in [3.8, 4) is 5.75 Å². The Kier molecular flexibility index (Phi) is 11.5. The molecular formula is C29H40ClN3O5S. The van der Waals surface area contributed by atoms with Gasteiger partial charge in [-0.15, -0.1) is 0 Å². The zero-order valence-corrected chi connectivity index (χ0v) is 24.6. The Hall–Kier alpha value is -2.78. The third kappa shape index (κ3) is 8.86. The van der Waals surface area contributed by atoms with Gasteiger partial charge in [-0.3, -0.25) is 13.9 Å². The monoisotopic (exact) mass is 577 g/mol. The first-order chi connectivity index (χ1) is 18.6. The molecular weight excluding hydrogens is 538 g/mol. The molecule has 1 N–H and O–H groups in total. The summed E-state index contributed by atoms with van der Waals surface area (Å²) in [7, 11) is -3.63. The van der Waals surface area contributed by atoms with Crippen LogP contribution in [0.3, 0.4) is 0 Å². The van der Waals surface area contributed by atoms with Gasteiger partial charge in [0, 0.05) is 30.6 Å². The van der Waals surface area contributed by atoms with E-state index in [2.05, 4.69) is 5.32 Å². The van der Waals surface area contributed by atoms with Crippen molar-refractivity contribution >= 4 is 39.1 Å². The highest BCUT2D eigenvalue weighted by Gasteiger charge is 2.31. The zero-order valence-electron chi connectivity index (χ0n) is 23.1. The van der Waals surface area contributed by atoms with Gasteiger partial charge in [0.05, 0.1) is 18.6 Å². The fourth-order valence-electron chi connectivity index (χ4n) is 5.00. The van der Waals surface area contributed by atoms with Crippen molar-refractivity contribution in [3.63, 3.8) is 0 Å². The number of carbonyl (C=O) groups excluding carboxylic acids is 2. The van der Waals surface area contributed by atoms with Gasteiger partial charge in [-0.25, -0.2) is 8.42 Å². The second-order valence-corrected chi connectivity index (χ2v) is 12.2. The molecule has 1 aliphatic carbocycles. The van der Waals surface area contributed by atoms with Crippen molar-refractivity contribution in [1.29, 1.82) is 0 Å². The zero-order chi connectivity index (χ0) is 28.4. The average molecular weight is 578 g/mol. The molecule has 0 bridgehead atoms. The summed E-state index contributed by atoms with van der Waals surface area (Å²) in [5, 5.41) is 3.73. The van der Waals surface area contributed by atoms with E-state index in [-0.39, 0.29) is 43.8 Å². The van der Waals surface area contributed by atoms with Crippen LogP contribution in [0, 0.1) is 0 Å². The second-order valence-electron chi connectivity index (χ2n) is 9.90. The molecule has 0 heterocycles. The first-order valence-corrected chi connectivity index (χ1v) is 15.9. The summed E-state index contributed by atoms with van der Waals surface area (Å²) in [4.78, 5) is 28.5. The minimum Gasteiger partial charge on any atom is -0.492 e. The summed E-state index contributed by atoms with van der Waals surface area (Å²) >= 11 is 6.06. The normalized spacial score (nSPS) is 14.6. The molecule has 2 aromatic rings. The molecule has 1 saturated carbocycles. The van der Waals surface area contributed by atoms with Gasteiger partial charge < -0.3 is 15.0 Å². The Bertz CT molecular complexity index is 1200. The fraction of sp³-hybridized carbons (Fsp3) is 0.517. The smallest absolute Gasteiger partial charge is 0.243 e. The third-order valence-corrected chi connectivity index (χ3v) is 8.37. The number of carbonyl (C=O) groups is 2. The van der Waals surface area contributed by atoms with Crippen LogP contribution in [0.2, 0.25) is 5.02 Å². The van der Waals surface area contributed by atoms with Gasteiger partial charge in [-0.2, -0.15) is 0 Å². The lowest BCUT2D eigenvalue weighted by atomic mass is 10.1. The van der Waals surface area contributed by atoms with E-state index in [9.17, 15) is 18.0 Å². The molecule has 0 aliphatic heterocycles. The van der Waals surface area contributed by atoms with E-state index in [0.29, 0.717) is 29.5 Å². The van der Waals surface area contributed by atoms with Crippen LogP contribution in [0.25, 0.3) is 0 Å². The molecule has 2 aromatic carbocycles. The minimum absolute atomic E-state index is 0.0869. The summed E-state index contributed by atoms with van der Waals surface area (Å²) in [5.41, 5.74) is 1.30. The van der Waals surface area contributed by atoms with E-state index in [1.54, 1.807) is 41.3 Å². The number of nitrogens with one attached hydrogen (secondary N) is 1. The summed E-state index contributed by atoms with van der Waals surface area (Å²) in [6.07, 6.45) is 6.08. The van der Waals surface area contributed by atoms with E-state index < -0.39 is 16.1 Å². The number of sulfonamides is 1. The van der Waals surface area contributed by atoms with Crippen LogP contribution in [0.4, 0.5) is 5.69 Å². The first-order valence-electron chi connectivity index (χ1n) is 13.7. The number of ether oxygens (including phenoxy) is 1. The Morgan fingerprint density at radius 1 is 1.08 bits per heavy atom. The maximum Gasteiger partial charge on any atom is 0.243 e. The molecule has 1 fully saturated rings. The van der Waals surface area contributed by atoms with Crippen molar-refractivity contribution < 1.29 is 22.7 Å². The van der Waals surface area contributed by atoms with Crippen LogP contribution < -0.4 is 14.4 Å². The number of nitrogens with zero attached hydrogens (tertiary/aromatic N) is 2. The van der Waals surface area contributed by atoms with Gasteiger partial charge in [0.15, 0.2) is 0 Å². The van der Waals surface area contributed by atoms with E-state index in [4.69, 9.17) is 16.3 Å². The lowest BCUT2D eigenvalue weighted by Crippen LogP contribution is -2.51. The predicted molar refractivity (Wildman–Crippen MR) is 156 cm³/mol. The van der Waals surface area contributed by atoms with Gasteiger partial charge in [0.2, 0.25) is 21.8 Å². The van der Waals surface area contributed by atoms with Crippen LogP contribution in [-0.4, -0.2) is 56.6 Å². The number of rotatable bonds is 14. The number of amides is 2. The highest BCUT2D eigenvalue weighted by atomic mass is 35.5. The Morgan fingerprint density at radius 2 is 1.74 bits per heavy atom. The third-order valence-electron chi connectivity index (χ3n) is 6.94.